The minimum atomic E-state index is -0.390. The second-order valence-corrected chi connectivity index (χ2v) is 3.68. The van der Waals surface area contributed by atoms with Crippen LogP contribution in [0.4, 0.5) is 0 Å². The van der Waals surface area contributed by atoms with Crippen LogP contribution >= 0.6 is 22.6 Å². The molecule has 0 aliphatic heterocycles. The number of hydrogen-bond donors (Lipinski definition) is 0. The van der Waals surface area contributed by atoms with Crippen LogP contribution in [0, 0.1) is 3.70 Å². The molecule has 76 valence electrons. The molecule has 0 saturated heterocycles. The van der Waals surface area contributed by atoms with Crippen molar-refractivity contribution in [1.82, 2.24) is 4.57 Å². The second-order valence-electron chi connectivity index (χ2n) is 2.58. The van der Waals surface area contributed by atoms with Crippen LogP contribution in [0.25, 0.3) is 0 Å². The number of hydrogen-bond acceptors (Lipinski definition) is 3. The number of ether oxygens (including phenoxy) is 1. The molecule has 0 radical (unpaired) electrons. The molecule has 1 heterocycles. The molecule has 0 aliphatic carbocycles. The third kappa shape index (κ3) is 2.83. The van der Waals surface area contributed by atoms with E-state index in [1.807, 2.05) is 22.6 Å². The van der Waals surface area contributed by atoms with Gasteiger partial charge >= 0.3 is 5.97 Å². The van der Waals surface area contributed by atoms with Gasteiger partial charge in [0.15, 0.2) is 0 Å². The van der Waals surface area contributed by atoms with E-state index >= 15 is 0 Å². The summed E-state index contributed by atoms with van der Waals surface area (Å²) in [7, 11) is 0. The molecule has 4 nitrogen and oxygen atoms in total. The highest BCUT2D eigenvalue weighted by Crippen LogP contribution is 2.00. The SMILES string of the molecule is CCOC(=O)Cn1c(I)cccc1=O. The van der Waals surface area contributed by atoms with Crippen molar-refractivity contribution in [3.63, 3.8) is 0 Å². The van der Waals surface area contributed by atoms with Crippen molar-refractivity contribution in [1.29, 1.82) is 0 Å². The topological polar surface area (TPSA) is 48.3 Å². The Kier molecular flexibility index (Phi) is 4.12. The first-order chi connectivity index (χ1) is 6.65. The number of rotatable bonds is 3. The maximum atomic E-state index is 11.3. The fraction of sp³-hybridized carbons (Fsp3) is 0.333. The van der Waals surface area contributed by atoms with Crippen molar-refractivity contribution in [2.24, 2.45) is 0 Å². The molecular formula is C9H10INO3. The number of pyridine rings is 1. The highest BCUT2D eigenvalue weighted by molar-refractivity contribution is 14.1. The Morgan fingerprint density at radius 3 is 2.86 bits per heavy atom. The van der Waals surface area contributed by atoms with Crippen molar-refractivity contribution >= 4 is 28.6 Å². The zero-order valence-electron chi connectivity index (χ0n) is 7.70. The van der Waals surface area contributed by atoms with Crippen LogP contribution in [0.2, 0.25) is 0 Å². The van der Waals surface area contributed by atoms with Gasteiger partial charge in [0.1, 0.15) is 6.54 Å². The summed E-state index contributed by atoms with van der Waals surface area (Å²) in [6.45, 7) is 2.04. The highest BCUT2D eigenvalue weighted by atomic mass is 127. The number of halogens is 1. The van der Waals surface area contributed by atoms with Crippen molar-refractivity contribution < 1.29 is 9.53 Å². The van der Waals surface area contributed by atoms with Crippen LogP contribution in [-0.2, 0) is 16.1 Å². The van der Waals surface area contributed by atoms with Crippen LogP contribution < -0.4 is 5.56 Å². The lowest BCUT2D eigenvalue weighted by Gasteiger charge is -2.06. The van der Waals surface area contributed by atoms with Gasteiger partial charge in [-0.2, -0.15) is 0 Å². The first-order valence-electron chi connectivity index (χ1n) is 4.16. The number of aromatic nitrogens is 1. The minimum absolute atomic E-state index is 0.0220. The molecule has 1 aromatic rings. The summed E-state index contributed by atoms with van der Waals surface area (Å²) in [5.74, 6) is -0.390. The molecule has 0 unspecified atom stereocenters. The fourth-order valence-corrected chi connectivity index (χ4v) is 1.60. The molecule has 0 saturated carbocycles. The van der Waals surface area contributed by atoms with E-state index in [1.54, 1.807) is 19.1 Å². The Morgan fingerprint density at radius 2 is 2.29 bits per heavy atom. The number of nitrogens with zero attached hydrogens (tertiary/aromatic N) is 1. The molecule has 0 aliphatic rings. The fourth-order valence-electron chi connectivity index (χ4n) is 0.984. The van der Waals surface area contributed by atoms with Crippen LogP contribution in [0.3, 0.4) is 0 Å². The summed E-state index contributed by atoms with van der Waals surface area (Å²) >= 11 is 2.00. The molecule has 0 bridgehead atoms. The number of carbonyl (C=O) groups is 1. The van der Waals surface area contributed by atoms with Crippen LogP contribution in [0.15, 0.2) is 23.0 Å². The first kappa shape index (κ1) is 11.2. The van der Waals surface area contributed by atoms with E-state index in [2.05, 4.69) is 0 Å². The third-order valence-electron chi connectivity index (χ3n) is 1.59. The molecule has 5 heteroatoms. The van der Waals surface area contributed by atoms with Crippen molar-refractivity contribution in [2.45, 2.75) is 13.5 Å². The van der Waals surface area contributed by atoms with Crippen molar-refractivity contribution in [2.75, 3.05) is 6.61 Å². The summed E-state index contributed by atoms with van der Waals surface area (Å²) < 4.78 is 6.85. The molecule has 1 rings (SSSR count). The van der Waals surface area contributed by atoms with E-state index in [4.69, 9.17) is 4.74 Å². The zero-order chi connectivity index (χ0) is 10.6. The molecule has 0 spiro atoms. The van der Waals surface area contributed by atoms with Crippen molar-refractivity contribution in [3.05, 3.63) is 32.3 Å². The maximum Gasteiger partial charge on any atom is 0.326 e. The lowest BCUT2D eigenvalue weighted by atomic mass is 10.4. The first-order valence-corrected chi connectivity index (χ1v) is 5.24. The average molecular weight is 307 g/mol. The lowest BCUT2D eigenvalue weighted by Crippen LogP contribution is -2.26. The predicted octanol–water partition coefficient (Wildman–Crippen LogP) is 1.02. The van der Waals surface area contributed by atoms with Crippen LogP contribution in [0.5, 0.6) is 0 Å². The zero-order valence-corrected chi connectivity index (χ0v) is 9.85. The van der Waals surface area contributed by atoms with E-state index < -0.39 is 5.97 Å². The quantitative estimate of drug-likeness (QED) is 0.476. The van der Waals surface area contributed by atoms with E-state index in [0.29, 0.717) is 6.61 Å². The molecule has 0 N–H and O–H groups in total. The maximum absolute atomic E-state index is 11.3. The molecule has 1 aromatic heterocycles. The van der Waals surface area contributed by atoms with Gasteiger partial charge in [0, 0.05) is 6.07 Å². The Morgan fingerprint density at radius 1 is 1.57 bits per heavy atom. The normalized spacial score (nSPS) is 9.86. The molecule has 14 heavy (non-hydrogen) atoms. The van der Waals surface area contributed by atoms with Gasteiger partial charge in [0.05, 0.1) is 10.3 Å². The number of esters is 1. The summed E-state index contributed by atoms with van der Waals surface area (Å²) in [5.41, 5.74) is -0.190. The molecule has 0 amide bonds. The van der Waals surface area contributed by atoms with Crippen LogP contribution in [0.1, 0.15) is 6.92 Å². The van der Waals surface area contributed by atoms with Gasteiger partial charge in [-0.25, -0.2) is 0 Å². The minimum Gasteiger partial charge on any atom is -0.465 e. The highest BCUT2D eigenvalue weighted by Gasteiger charge is 2.06. The van der Waals surface area contributed by atoms with Crippen molar-refractivity contribution in [3.8, 4) is 0 Å². The largest absolute Gasteiger partial charge is 0.465 e. The molecule has 0 aromatic carbocycles. The lowest BCUT2D eigenvalue weighted by molar-refractivity contribution is -0.143. The standard InChI is InChI=1S/C9H10INO3/c1-2-14-9(13)6-11-7(10)4-3-5-8(11)12/h3-5H,2,6H2,1H3. The van der Waals surface area contributed by atoms with E-state index in [-0.39, 0.29) is 12.1 Å². The molecule has 0 fully saturated rings. The Bertz CT molecular complexity index is 386. The van der Waals surface area contributed by atoms with E-state index in [1.165, 1.54) is 10.6 Å². The van der Waals surface area contributed by atoms with Gasteiger partial charge in [-0.15, -0.1) is 0 Å². The van der Waals surface area contributed by atoms with Gasteiger partial charge in [0.2, 0.25) is 0 Å². The van der Waals surface area contributed by atoms with Gasteiger partial charge in [-0.3, -0.25) is 14.2 Å². The Balaban J connectivity index is 2.86. The number of carbonyl (C=O) groups excluding carboxylic acids is 1. The van der Waals surface area contributed by atoms with E-state index in [0.717, 1.165) is 3.70 Å². The molecule has 0 atom stereocenters. The monoisotopic (exact) mass is 307 g/mol. The summed E-state index contributed by atoms with van der Waals surface area (Å²) in [6, 6.07) is 4.84. The van der Waals surface area contributed by atoms with Gasteiger partial charge in [-0.1, -0.05) is 6.07 Å². The Labute approximate surface area is 95.0 Å². The Hall–Kier alpha value is -0.850. The third-order valence-corrected chi connectivity index (χ3v) is 2.53. The average Bonchev–Trinajstić information content (AvgIpc) is 2.12. The smallest absolute Gasteiger partial charge is 0.326 e. The van der Waals surface area contributed by atoms with Gasteiger partial charge in [-0.05, 0) is 35.6 Å². The summed E-state index contributed by atoms with van der Waals surface area (Å²) in [6.07, 6.45) is 0. The van der Waals surface area contributed by atoms with Gasteiger partial charge in [0.25, 0.3) is 5.56 Å². The predicted molar refractivity (Wildman–Crippen MR) is 60.1 cm³/mol. The van der Waals surface area contributed by atoms with Gasteiger partial charge < -0.3 is 4.74 Å². The second kappa shape index (κ2) is 5.14. The molecular weight excluding hydrogens is 297 g/mol. The summed E-state index contributed by atoms with van der Waals surface area (Å²) in [5, 5.41) is 0. The summed E-state index contributed by atoms with van der Waals surface area (Å²) in [4.78, 5) is 22.5. The van der Waals surface area contributed by atoms with Crippen LogP contribution in [-0.4, -0.2) is 17.1 Å². The van der Waals surface area contributed by atoms with E-state index in [9.17, 15) is 9.59 Å².